The summed E-state index contributed by atoms with van der Waals surface area (Å²) in [6.07, 6.45) is 4.00. The second-order valence-electron chi connectivity index (χ2n) is 4.12. The summed E-state index contributed by atoms with van der Waals surface area (Å²) < 4.78 is 7.09. The Morgan fingerprint density at radius 2 is 2.24 bits per heavy atom. The van der Waals surface area contributed by atoms with E-state index in [9.17, 15) is 0 Å². The van der Waals surface area contributed by atoms with Gasteiger partial charge in [-0.3, -0.25) is 4.68 Å². The van der Waals surface area contributed by atoms with Crippen molar-refractivity contribution in [2.24, 2.45) is 0 Å². The van der Waals surface area contributed by atoms with Gasteiger partial charge in [0.2, 0.25) is 0 Å². The van der Waals surface area contributed by atoms with Crippen LogP contribution in [-0.4, -0.2) is 23.0 Å². The molecule has 0 aliphatic rings. The molecule has 0 saturated carbocycles. The largest absolute Gasteiger partial charge is 0.399 e. The number of rotatable bonds is 4. The summed E-state index contributed by atoms with van der Waals surface area (Å²) in [5.41, 5.74) is 8.68. The lowest BCUT2D eigenvalue weighted by molar-refractivity contribution is 0.0998. The van der Waals surface area contributed by atoms with Crippen molar-refractivity contribution in [1.82, 2.24) is 9.78 Å². The summed E-state index contributed by atoms with van der Waals surface area (Å²) in [6, 6.07) is 7.79. The molecular formula is C13H17N3O. The molecule has 1 heterocycles. The van der Waals surface area contributed by atoms with Crippen LogP contribution < -0.4 is 5.73 Å². The van der Waals surface area contributed by atoms with E-state index in [0.29, 0.717) is 0 Å². The first-order chi connectivity index (χ1) is 8.19. The molecule has 1 unspecified atom stereocenters. The third-order valence-electron chi connectivity index (χ3n) is 2.70. The van der Waals surface area contributed by atoms with Gasteiger partial charge in [0.25, 0.3) is 0 Å². The van der Waals surface area contributed by atoms with Crippen LogP contribution in [0.25, 0.3) is 11.1 Å². The van der Waals surface area contributed by atoms with E-state index in [1.54, 1.807) is 7.11 Å². The Morgan fingerprint density at radius 3 is 2.94 bits per heavy atom. The summed E-state index contributed by atoms with van der Waals surface area (Å²) in [7, 11) is 1.70. The maximum absolute atomic E-state index is 5.76. The Kier molecular flexibility index (Phi) is 3.44. The average molecular weight is 231 g/mol. The first-order valence-electron chi connectivity index (χ1n) is 5.60. The maximum atomic E-state index is 5.76. The number of ether oxygens (including phenoxy) is 1. The van der Waals surface area contributed by atoms with Crippen LogP contribution in [0.15, 0.2) is 36.7 Å². The number of nitrogens with two attached hydrogens (primary N) is 1. The van der Waals surface area contributed by atoms with Gasteiger partial charge in [-0.05, 0) is 24.6 Å². The highest BCUT2D eigenvalue weighted by molar-refractivity contribution is 5.65. The monoisotopic (exact) mass is 231 g/mol. The Hall–Kier alpha value is -1.81. The molecule has 1 atom stereocenters. The molecule has 4 heteroatoms. The molecule has 2 aromatic rings. The van der Waals surface area contributed by atoms with E-state index in [1.165, 1.54) is 0 Å². The highest BCUT2D eigenvalue weighted by Crippen LogP contribution is 2.20. The fourth-order valence-corrected chi connectivity index (χ4v) is 1.67. The fraction of sp³-hybridized carbons (Fsp3) is 0.308. The zero-order valence-corrected chi connectivity index (χ0v) is 10.1. The van der Waals surface area contributed by atoms with Gasteiger partial charge in [-0.1, -0.05) is 12.1 Å². The normalized spacial score (nSPS) is 12.6. The van der Waals surface area contributed by atoms with E-state index in [1.807, 2.05) is 48.3 Å². The van der Waals surface area contributed by atoms with Gasteiger partial charge in [0.05, 0.1) is 18.8 Å². The molecular weight excluding hydrogens is 214 g/mol. The van der Waals surface area contributed by atoms with Gasteiger partial charge in [-0.15, -0.1) is 0 Å². The zero-order valence-electron chi connectivity index (χ0n) is 10.1. The molecule has 17 heavy (non-hydrogen) atoms. The molecule has 4 nitrogen and oxygen atoms in total. The molecule has 2 N–H and O–H groups in total. The number of nitrogen functional groups attached to an aromatic ring is 1. The van der Waals surface area contributed by atoms with Crippen molar-refractivity contribution in [3.63, 3.8) is 0 Å². The second-order valence-corrected chi connectivity index (χ2v) is 4.12. The molecule has 2 rings (SSSR count). The third-order valence-corrected chi connectivity index (χ3v) is 2.70. The molecule has 0 spiro atoms. The van der Waals surface area contributed by atoms with Crippen molar-refractivity contribution in [2.75, 3.05) is 12.8 Å². The summed E-state index contributed by atoms with van der Waals surface area (Å²) in [5.74, 6) is 0. The average Bonchev–Trinajstić information content (AvgIpc) is 2.77. The van der Waals surface area contributed by atoms with Crippen LogP contribution in [0.3, 0.4) is 0 Å². The predicted molar refractivity (Wildman–Crippen MR) is 68.5 cm³/mol. The molecule has 0 radical (unpaired) electrons. The highest BCUT2D eigenvalue weighted by Gasteiger charge is 2.05. The molecule has 0 bridgehead atoms. The third kappa shape index (κ3) is 2.85. The van der Waals surface area contributed by atoms with Gasteiger partial charge in [0.1, 0.15) is 0 Å². The predicted octanol–water partition coefficient (Wildman–Crippen LogP) is 2.17. The van der Waals surface area contributed by atoms with Gasteiger partial charge in [-0.2, -0.15) is 5.10 Å². The number of methoxy groups -OCH3 is 1. The van der Waals surface area contributed by atoms with E-state index in [4.69, 9.17) is 10.5 Å². The molecule has 0 amide bonds. The fourth-order valence-electron chi connectivity index (χ4n) is 1.67. The van der Waals surface area contributed by atoms with Gasteiger partial charge < -0.3 is 10.5 Å². The van der Waals surface area contributed by atoms with Crippen molar-refractivity contribution in [3.8, 4) is 11.1 Å². The van der Waals surface area contributed by atoms with Crippen LogP contribution in [0.5, 0.6) is 0 Å². The van der Waals surface area contributed by atoms with Crippen LogP contribution >= 0.6 is 0 Å². The van der Waals surface area contributed by atoms with Crippen molar-refractivity contribution in [3.05, 3.63) is 36.7 Å². The summed E-state index contributed by atoms with van der Waals surface area (Å²) in [5, 5.41) is 4.31. The first kappa shape index (κ1) is 11.7. The Morgan fingerprint density at radius 1 is 1.41 bits per heavy atom. The van der Waals surface area contributed by atoms with Gasteiger partial charge in [-0.25, -0.2) is 0 Å². The molecule has 90 valence electrons. The SMILES string of the molecule is COC(C)Cn1cc(-c2cccc(N)c2)cn1. The van der Waals surface area contributed by atoms with Gasteiger partial charge >= 0.3 is 0 Å². The topological polar surface area (TPSA) is 53.1 Å². The number of anilines is 1. The van der Waals surface area contributed by atoms with Crippen molar-refractivity contribution >= 4 is 5.69 Å². The van der Waals surface area contributed by atoms with E-state index in [2.05, 4.69) is 5.10 Å². The molecule has 1 aromatic heterocycles. The minimum Gasteiger partial charge on any atom is -0.399 e. The highest BCUT2D eigenvalue weighted by atomic mass is 16.5. The smallest absolute Gasteiger partial charge is 0.0739 e. The minimum absolute atomic E-state index is 0.156. The quantitative estimate of drug-likeness (QED) is 0.820. The van der Waals surface area contributed by atoms with Crippen LogP contribution in [0.2, 0.25) is 0 Å². The van der Waals surface area contributed by atoms with Crippen LogP contribution in [0.4, 0.5) is 5.69 Å². The zero-order chi connectivity index (χ0) is 12.3. The summed E-state index contributed by atoms with van der Waals surface area (Å²) in [4.78, 5) is 0. The molecule has 1 aromatic carbocycles. The van der Waals surface area contributed by atoms with Crippen molar-refractivity contribution < 1.29 is 4.74 Å². The second kappa shape index (κ2) is 5.01. The Bertz CT molecular complexity index is 493. The Balaban J connectivity index is 2.18. The molecule has 0 fully saturated rings. The lowest BCUT2D eigenvalue weighted by atomic mass is 10.1. The number of benzene rings is 1. The maximum Gasteiger partial charge on any atom is 0.0739 e. The number of nitrogens with zero attached hydrogens (tertiary/aromatic N) is 2. The lowest BCUT2D eigenvalue weighted by Gasteiger charge is -2.08. The van der Waals surface area contributed by atoms with Crippen LogP contribution in [-0.2, 0) is 11.3 Å². The van der Waals surface area contributed by atoms with Crippen LogP contribution in [0, 0.1) is 0 Å². The van der Waals surface area contributed by atoms with Crippen molar-refractivity contribution in [2.45, 2.75) is 19.6 Å². The van der Waals surface area contributed by atoms with Gasteiger partial charge in [0.15, 0.2) is 0 Å². The molecule has 0 saturated heterocycles. The lowest BCUT2D eigenvalue weighted by Crippen LogP contribution is -2.14. The van der Waals surface area contributed by atoms with E-state index in [-0.39, 0.29) is 6.10 Å². The van der Waals surface area contributed by atoms with E-state index >= 15 is 0 Å². The molecule has 0 aliphatic carbocycles. The summed E-state index contributed by atoms with van der Waals surface area (Å²) in [6.45, 7) is 2.76. The van der Waals surface area contributed by atoms with E-state index in [0.717, 1.165) is 23.4 Å². The molecule has 0 aliphatic heterocycles. The first-order valence-corrected chi connectivity index (χ1v) is 5.60. The number of aromatic nitrogens is 2. The minimum atomic E-state index is 0.156. The van der Waals surface area contributed by atoms with E-state index < -0.39 is 0 Å². The number of hydrogen-bond acceptors (Lipinski definition) is 3. The number of hydrogen-bond donors (Lipinski definition) is 1. The van der Waals surface area contributed by atoms with Crippen LogP contribution in [0.1, 0.15) is 6.92 Å². The Labute approximate surface area is 101 Å². The standard InChI is InChI=1S/C13H17N3O/c1-10(17-2)8-16-9-12(7-15-16)11-4-3-5-13(14)6-11/h3-7,9-10H,8,14H2,1-2H3. The summed E-state index contributed by atoms with van der Waals surface area (Å²) >= 11 is 0. The van der Waals surface area contributed by atoms with Crippen molar-refractivity contribution in [1.29, 1.82) is 0 Å². The van der Waals surface area contributed by atoms with Gasteiger partial charge in [0, 0.05) is 24.6 Å².